The van der Waals surface area contributed by atoms with Crippen molar-refractivity contribution in [1.82, 2.24) is 55.6 Å². The first-order chi connectivity index (χ1) is 39.4. The van der Waals surface area contributed by atoms with Gasteiger partial charge in [0, 0.05) is 49.3 Å². The third kappa shape index (κ3) is 21.5. The first-order valence-electron chi connectivity index (χ1n) is 30.4. The van der Waals surface area contributed by atoms with Crippen molar-refractivity contribution in [2.24, 2.45) is 35.5 Å². The number of rotatable bonds is 16. The quantitative estimate of drug-likeness (QED) is 0.140. The number of hydrogen-bond donors (Lipinski definition) is 5. The Labute approximate surface area is 508 Å². The van der Waals surface area contributed by atoms with E-state index in [1.54, 1.807) is 59.8 Å². The monoisotopic (exact) mass is 1200 g/mol. The van der Waals surface area contributed by atoms with Crippen LogP contribution in [0.4, 0.5) is 0 Å². The van der Waals surface area contributed by atoms with Crippen LogP contribution in [0.1, 0.15) is 149 Å². The van der Waals surface area contributed by atoms with Gasteiger partial charge in [0.25, 0.3) is 0 Å². The molecule has 0 aromatic carbocycles. The number of allylic oxidation sites excluding steroid dienone is 3. The number of nitrogens with zero attached hydrogens (tertiary/aromatic N) is 7. The number of aliphatic hydroxyl groups excluding tert-OH is 1. The molecule has 0 aliphatic carbocycles. The van der Waals surface area contributed by atoms with E-state index in [4.69, 9.17) is 0 Å². The van der Waals surface area contributed by atoms with Gasteiger partial charge >= 0.3 is 0 Å². The van der Waals surface area contributed by atoms with Crippen LogP contribution in [0.15, 0.2) is 24.8 Å². The third-order valence-corrected chi connectivity index (χ3v) is 16.0. The third-order valence-electron chi connectivity index (χ3n) is 16.0. The van der Waals surface area contributed by atoms with Gasteiger partial charge in [-0.3, -0.25) is 52.7 Å². The summed E-state index contributed by atoms with van der Waals surface area (Å²) >= 11 is 0. The second kappa shape index (κ2) is 35.3. The highest BCUT2D eigenvalue weighted by atomic mass is 16.3. The van der Waals surface area contributed by atoms with Gasteiger partial charge in [-0.2, -0.15) is 0 Å². The molecule has 23 nitrogen and oxygen atoms in total. The molecule has 5 N–H and O–H groups in total. The molecule has 11 amide bonds. The van der Waals surface area contributed by atoms with E-state index in [2.05, 4.69) is 27.8 Å². The molecular formula is C62H109N11O12. The van der Waals surface area contributed by atoms with E-state index in [-0.39, 0.29) is 56.3 Å². The van der Waals surface area contributed by atoms with Crippen LogP contribution in [0.2, 0.25) is 0 Å². The average Bonchev–Trinajstić information content (AvgIpc) is 3.01. The number of carbonyl (C=O) groups excluding carboxylic acids is 11. The van der Waals surface area contributed by atoms with E-state index < -0.39 is 156 Å². The smallest absolute Gasteiger partial charge is 0.246 e. The molecule has 85 heavy (non-hydrogen) atoms. The lowest BCUT2D eigenvalue weighted by atomic mass is 9.91. The van der Waals surface area contributed by atoms with Crippen LogP contribution < -0.4 is 21.3 Å². The Morgan fingerprint density at radius 3 is 1.44 bits per heavy atom. The maximum atomic E-state index is 15.1. The van der Waals surface area contributed by atoms with Crippen molar-refractivity contribution in [3.8, 4) is 0 Å². The molecule has 1 heterocycles. The van der Waals surface area contributed by atoms with E-state index in [0.717, 1.165) is 9.80 Å². The molecule has 1 unspecified atom stereocenters. The van der Waals surface area contributed by atoms with Crippen molar-refractivity contribution in [2.45, 2.75) is 215 Å². The van der Waals surface area contributed by atoms with Crippen molar-refractivity contribution in [3.05, 3.63) is 24.8 Å². The van der Waals surface area contributed by atoms with Gasteiger partial charge in [-0.25, -0.2) is 0 Å². The van der Waals surface area contributed by atoms with Crippen molar-refractivity contribution >= 4 is 65.0 Å². The molecule has 1 aliphatic rings. The molecule has 1 rings (SSSR count). The van der Waals surface area contributed by atoms with Crippen molar-refractivity contribution in [2.75, 3.05) is 55.9 Å². The minimum absolute atomic E-state index is 0.0149. The second-order valence-corrected chi connectivity index (χ2v) is 25.3. The second-order valence-electron chi connectivity index (χ2n) is 25.3. The standard InChI is InChI=1S/C62H109N11O12/c1-24-27-28-30-40(14)52(75)51-56(79)65-43(26-3)58(81)67(17)34-48(74)68(18)44(29-25-2)54(77)66-49(38(10)11)61(84)69(19)45(31-35(4)5)55(78)63-41(15)53(76)64-42(16)57(80)70(20)46(32-36(6)7)59(82)71(21)47(33-37(8)9)60(83)72(22)50(39(12)13)62(85)73(51)23/h24,27-28,35-47,49-52,75H,1,25-26,29-34H2,2-23H3,(H,63,78)(H,64,76)(H,65,79)(H,66,77)/b28-27+/t40-,41+,42-,43+,44+,45+,46+,47?,49+,50+,51+,52-/m1/s1. The number of carbonyl (C=O) groups is 11. The first-order valence-corrected chi connectivity index (χ1v) is 30.4. The lowest BCUT2D eigenvalue weighted by Crippen LogP contribution is -2.63. The predicted octanol–water partition coefficient (Wildman–Crippen LogP) is 3.19. The summed E-state index contributed by atoms with van der Waals surface area (Å²) in [6.45, 7) is 29.2. The van der Waals surface area contributed by atoms with Gasteiger partial charge in [-0.05, 0) is 87.9 Å². The molecular weight excluding hydrogens is 1090 g/mol. The van der Waals surface area contributed by atoms with Crippen LogP contribution in [0, 0.1) is 35.5 Å². The summed E-state index contributed by atoms with van der Waals surface area (Å²) in [6.07, 6.45) is 4.76. The number of likely N-dealkylation sites (N-methyl/N-ethyl adjacent to an activating group) is 7. The maximum absolute atomic E-state index is 15.1. The fourth-order valence-corrected chi connectivity index (χ4v) is 10.6. The van der Waals surface area contributed by atoms with E-state index >= 15 is 9.59 Å². The van der Waals surface area contributed by atoms with Crippen molar-refractivity contribution in [3.63, 3.8) is 0 Å². The summed E-state index contributed by atoms with van der Waals surface area (Å²) < 4.78 is 0. The van der Waals surface area contributed by atoms with Gasteiger partial charge in [0.2, 0.25) is 65.0 Å². The lowest BCUT2D eigenvalue weighted by molar-refractivity contribution is -0.157. The van der Waals surface area contributed by atoms with Crippen LogP contribution >= 0.6 is 0 Å². The molecule has 0 aromatic heterocycles. The minimum atomic E-state index is -1.63. The summed E-state index contributed by atoms with van der Waals surface area (Å²) in [6, 6.07) is -12.4. The van der Waals surface area contributed by atoms with Crippen LogP contribution in [-0.4, -0.2) is 227 Å². The largest absolute Gasteiger partial charge is 0.390 e. The molecule has 1 aliphatic heterocycles. The van der Waals surface area contributed by atoms with Crippen molar-refractivity contribution < 1.29 is 57.8 Å². The summed E-state index contributed by atoms with van der Waals surface area (Å²) in [7, 11) is 9.87. The summed E-state index contributed by atoms with van der Waals surface area (Å²) in [5.41, 5.74) is 0. The van der Waals surface area contributed by atoms with E-state index in [0.29, 0.717) is 6.42 Å². The predicted molar refractivity (Wildman–Crippen MR) is 328 cm³/mol. The number of nitrogens with one attached hydrogen (secondary N) is 4. The molecule has 0 aromatic rings. The highest BCUT2D eigenvalue weighted by Crippen LogP contribution is 2.25. The molecule has 12 atom stereocenters. The number of hydrogen-bond acceptors (Lipinski definition) is 12. The van der Waals surface area contributed by atoms with E-state index in [1.165, 1.54) is 87.7 Å². The molecule has 484 valence electrons. The molecule has 0 radical (unpaired) electrons. The zero-order chi connectivity index (χ0) is 65.8. The fraction of sp³-hybridized carbons (Fsp3) is 0.758. The Hall–Kier alpha value is -6.39. The topological polar surface area (TPSA) is 279 Å². The number of aliphatic hydroxyl groups is 1. The van der Waals surface area contributed by atoms with Gasteiger partial charge in [0.05, 0.1) is 12.6 Å². The Balaban J connectivity index is 4.31. The van der Waals surface area contributed by atoms with E-state index in [1.807, 2.05) is 48.5 Å². The normalized spacial score (nSPS) is 26.8. The first kappa shape index (κ1) is 76.6. The zero-order valence-electron chi connectivity index (χ0n) is 55.5. The van der Waals surface area contributed by atoms with E-state index in [9.17, 15) is 48.3 Å². The highest BCUT2D eigenvalue weighted by molar-refractivity contribution is 5.99. The number of amides is 11. The molecule has 23 heteroatoms. The van der Waals surface area contributed by atoms with Gasteiger partial charge in [0.1, 0.15) is 60.4 Å². The maximum Gasteiger partial charge on any atom is 0.246 e. The van der Waals surface area contributed by atoms with Crippen LogP contribution in [0.25, 0.3) is 0 Å². The molecule has 0 spiro atoms. The summed E-state index contributed by atoms with van der Waals surface area (Å²) in [4.78, 5) is 168. The van der Waals surface area contributed by atoms with Crippen LogP contribution in [0.3, 0.4) is 0 Å². The SMILES string of the molecule is C=C/C=C/C[C@@H](C)[C@@H](O)[C@H]1C(=O)N[C@@H](CC)C(=O)N(C)CC(=O)N(C)[C@@H](CCC)C(=O)N[C@@H](C(C)C)C(=O)N(C)[C@@H](CC(C)C)C(=O)N[C@@H](C)C(=O)N[C@H](C)C(=O)N(C)[C@@H](CC(C)C)C(=O)N(C)C(CC(C)C)C(=O)N(C)[C@@H](C(C)C)C(=O)N1C. The molecule has 1 saturated heterocycles. The molecule has 0 bridgehead atoms. The zero-order valence-corrected chi connectivity index (χ0v) is 55.5. The molecule has 0 saturated carbocycles. The van der Waals surface area contributed by atoms with Crippen molar-refractivity contribution in [1.29, 1.82) is 0 Å². The highest BCUT2D eigenvalue weighted by Gasteiger charge is 2.45. The van der Waals surface area contributed by atoms with Crippen LogP contribution in [0.5, 0.6) is 0 Å². The van der Waals surface area contributed by atoms with Crippen LogP contribution in [-0.2, 0) is 52.7 Å². The Kier molecular flexibility index (Phi) is 31.8. The lowest BCUT2D eigenvalue weighted by Gasteiger charge is -2.41. The summed E-state index contributed by atoms with van der Waals surface area (Å²) in [5, 5.41) is 23.0. The Morgan fingerprint density at radius 2 is 0.965 bits per heavy atom. The van der Waals surface area contributed by atoms with Gasteiger partial charge in [-0.1, -0.05) is 121 Å². The Morgan fingerprint density at radius 1 is 0.506 bits per heavy atom. The van der Waals surface area contributed by atoms with Gasteiger partial charge < -0.3 is 60.7 Å². The fourth-order valence-electron chi connectivity index (χ4n) is 10.6. The minimum Gasteiger partial charge on any atom is -0.390 e. The Bertz CT molecular complexity index is 2340. The summed E-state index contributed by atoms with van der Waals surface area (Å²) in [5.74, 6) is -9.69. The molecule has 1 fully saturated rings. The van der Waals surface area contributed by atoms with Gasteiger partial charge in [0.15, 0.2) is 0 Å². The van der Waals surface area contributed by atoms with Gasteiger partial charge in [-0.15, -0.1) is 0 Å². The average molecular weight is 1200 g/mol.